The molecule has 2 heterocycles. The van der Waals surface area contributed by atoms with Gasteiger partial charge in [-0.25, -0.2) is 0 Å². The van der Waals surface area contributed by atoms with Gasteiger partial charge < -0.3 is 14.1 Å². The lowest BCUT2D eigenvalue weighted by Gasteiger charge is -2.27. The molecule has 1 aliphatic heterocycles. The third kappa shape index (κ3) is 4.03. The third-order valence-corrected chi connectivity index (χ3v) is 5.00. The van der Waals surface area contributed by atoms with E-state index < -0.39 is 0 Å². The van der Waals surface area contributed by atoms with Crippen LogP contribution in [0.4, 0.5) is 0 Å². The first-order valence-electron chi connectivity index (χ1n) is 9.21. The number of carbonyl (C=O) groups is 1. The van der Waals surface area contributed by atoms with Crippen molar-refractivity contribution in [3.8, 4) is 11.3 Å². The zero-order valence-corrected chi connectivity index (χ0v) is 16.1. The first-order chi connectivity index (χ1) is 13.7. The molecule has 28 heavy (non-hydrogen) atoms. The Labute approximate surface area is 169 Å². The zero-order valence-electron chi connectivity index (χ0n) is 15.3. The summed E-state index contributed by atoms with van der Waals surface area (Å²) in [5.74, 6) is 1.25. The van der Waals surface area contributed by atoms with Crippen molar-refractivity contribution in [2.75, 3.05) is 26.3 Å². The van der Waals surface area contributed by atoms with Gasteiger partial charge >= 0.3 is 0 Å². The van der Waals surface area contributed by atoms with Gasteiger partial charge in [0, 0.05) is 18.7 Å². The van der Waals surface area contributed by atoms with Crippen LogP contribution in [0.1, 0.15) is 11.3 Å². The minimum atomic E-state index is -0.0230. The molecule has 1 fully saturated rings. The third-order valence-electron chi connectivity index (χ3n) is 4.67. The maximum Gasteiger partial charge on any atom is 0.254 e. The lowest BCUT2D eigenvalue weighted by molar-refractivity contribution is -0.128. The second kappa shape index (κ2) is 8.46. The van der Waals surface area contributed by atoms with Gasteiger partial charge in [-0.15, -0.1) is 0 Å². The minimum Gasteiger partial charge on any atom is -0.457 e. The van der Waals surface area contributed by atoms with Gasteiger partial charge in [-0.05, 0) is 35.9 Å². The lowest BCUT2D eigenvalue weighted by Crippen LogP contribution is -2.41. The predicted octanol–water partition coefficient (Wildman–Crippen LogP) is 5.00. The van der Waals surface area contributed by atoms with Gasteiger partial charge in [0.15, 0.2) is 0 Å². The second-order valence-corrected chi connectivity index (χ2v) is 6.92. The molecule has 4 nitrogen and oxygen atoms in total. The average molecular weight is 394 g/mol. The molecule has 142 valence electrons. The van der Waals surface area contributed by atoms with Crippen molar-refractivity contribution in [3.05, 3.63) is 83.1 Å². The Morgan fingerprint density at radius 1 is 0.929 bits per heavy atom. The van der Waals surface area contributed by atoms with Crippen LogP contribution in [0.5, 0.6) is 0 Å². The van der Waals surface area contributed by atoms with Gasteiger partial charge in [-0.3, -0.25) is 4.79 Å². The van der Waals surface area contributed by atoms with E-state index in [1.54, 1.807) is 6.08 Å². The Kier molecular flexibility index (Phi) is 5.60. The van der Waals surface area contributed by atoms with Crippen LogP contribution in [-0.2, 0) is 9.53 Å². The minimum absolute atomic E-state index is 0.0230. The van der Waals surface area contributed by atoms with E-state index in [1.807, 2.05) is 71.6 Å². The summed E-state index contributed by atoms with van der Waals surface area (Å²) >= 11 is 6.27. The van der Waals surface area contributed by atoms with Crippen LogP contribution in [0.2, 0.25) is 5.02 Å². The number of hydrogen-bond donors (Lipinski definition) is 0. The van der Waals surface area contributed by atoms with Gasteiger partial charge in [0.25, 0.3) is 5.91 Å². The number of carbonyl (C=O) groups excluding carboxylic acids is 1. The number of benzene rings is 2. The molecule has 4 rings (SSSR count). The quantitative estimate of drug-likeness (QED) is 0.586. The molecule has 5 heteroatoms. The van der Waals surface area contributed by atoms with Crippen LogP contribution in [-0.4, -0.2) is 37.1 Å². The van der Waals surface area contributed by atoms with Crippen molar-refractivity contribution in [1.29, 1.82) is 0 Å². The normalized spacial score (nSPS) is 14.9. The summed E-state index contributed by atoms with van der Waals surface area (Å²) in [6, 6.07) is 20.9. The smallest absolute Gasteiger partial charge is 0.254 e. The van der Waals surface area contributed by atoms with Crippen molar-refractivity contribution in [3.63, 3.8) is 0 Å². The topological polar surface area (TPSA) is 42.7 Å². The fourth-order valence-corrected chi connectivity index (χ4v) is 3.43. The second-order valence-electron chi connectivity index (χ2n) is 6.51. The molecule has 0 radical (unpaired) electrons. The van der Waals surface area contributed by atoms with E-state index in [2.05, 4.69) is 0 Å². The number of morpholine rings is 1. The Hall–Kier alpha value is -2.82. The summed E-state index contributed by atoms with van der Waals surface area (Å²) in [6.45, 7) is 2.30. The molecule has 0 saturated carbocycles. The first-order valence-corrected chi connectivity index (χ1v) is 9.59. The lowest BCUT2D eigenvalue weighted by atomic mass is 10.0. The summed E-state index contributed by atoms with van der Waals surface area (Å²) in [7, 11) is 0. The molecule has 0 bridgehead atoms. The Balaban J connectivity index is 1.70. The molecule has 0 spiro atoms. The summed E-state index contributed by atoms with van der Waals surface area (Å²) in [5, 5.41) is 0.625. The van der Waals surface area contributed by atoms with Crippen LogP contribution in [0, 0.1) is 0 Å². The summed E-state index contributed by atoms with van der Waals surface area (Å²) in [4.78, 5) is 15.0. The first kappa shape index (κ1) is 18.5. The fourth-order valence-electron chi connectivity index (χ4n) is 3.20. The highest BCUT2D eigenvalue weighted by Gasteiger charge is 2.22. The number of nitrogens with zero attached hydrogens (tertiary/aromatic N) is 1. The maximum absolute atomic E-state index is 13.2. The van der Waals surface area contributed by atoms with Crippen molar-refractivity contribution < 1.29 is 13.9 Å². The van der Waals surface area contributed by atoms with E-state index in [1.165, 1.54) is 0 Å². The van der Waals surface area contributed by atoms with E-state index in [9.17, 15) is 4.79 Å². The molecule has 1 aromatic heterocycles. The molecule has 2 aromatic carbocycles. The molecule has 1 amide bonds. The molecule has 1 aliphatic rings. The molecular weight excluding hydrogens is 374 g/mol. The number of ether oxygens (including phenoxy) is 1. The molecule has 0 aliphatic carbocycles. The Bertz CT molecular complexity index is 988. The highest BCUT2D eigenvalue weighted by Crippen LogP contribution is 2.30. The Morgan fingerprint density at radius 3 is 2.39 bits per heavy atom. The standard InChI is InChI=1S/C23H20ClNO3/c24-21-9-5-4-8-19(21)22-11-10-18(28-22)16-20(17-6-2-1-3-7-17)23(26)25-12-14-27-15-13-25/h1-11,16H,12-15H2. The van der Waals surface area contributed by atoms with Crippen molar-refractivity contribution >= 4 is 29.2 Å². The maximum atomic E-state index is 13.2. The van der Waals surface area contributed by atoms with Crippen molar-refractivity contribution in [1.82, 2.24) is 4.90 Å². The Morgan fingerprint density at radius 2 is 1.64 bits per heavy atom. The summed E-state index contributed by atoms with van der Waals surface area (Å²) in [6.07, 6.45) is 1.80. The summed E-state index contributed by atoms with van der Waals surface area (Å²) in [5.41, 5.74) is 2.28. The summed E-state index contributed by atoms with van der Waals surface area (Å²) < 4.78 is 11.4. The largest absolute Gasteiger partial charge is 0.457 e. The van der Waals surface area contributed by atoms with Gasteiger partial charge in [0.2, 0.25) is 0 Å². The molecule has 0 N–H and O–H groups in total. The molecule has 0 atom stereocenters. The molecule has 0 unspecified atom stereocenters. The van der Waals surface area contributed by atoms with Crippen LogP contribution in [0.25, 0.3) is 23.0 Å². The van der Waals surface area contributed by atoms with Crippen LogP contribution in [0.3, 0.4) is 0 Å². The van der Waals surface area contributed by atoms with Crippen LogP contribution < -0.4 is 0 Å². The zero-order chi connectivity index (χ0) is 19.3. The van der Waals surface area contributed by atoms with Gasteiger partial charge in [0.05, 0.1) is 23.8 Å². The number of hydrogen-bond acceptors (Lipinski definition) is 3. The fraction of sp³-hybridized carbons (Fsp3) is 0.174. The highest BCUT2D eigenvalue weighted by atomic mass is 35.5. The monoisotopic (exact) mass is 393 g/mol. The number of amides is 1. The number of rotatable bonds is 4. The highest BCUT2D eigenvalue weighted by molar-refractivity contribution is 6.33. The van der Waals surface area contributed by atoms with Gasteiger partial charge in [-0.1, -0.05) is 54.1 Å². The number of halogens is 1. The SMILES string of the molecule is O=C(C(=Cc1ccc(-c2ccccc2Cl)o1)c1ccccc1)N1CCOCC1. The molecular formula is C23H20ClNO3. The van der Waals surface area contributed by atoms with E-state index >= 15 is 0 Å². The molecule has 1 saturated heterocycles. The predicted molar refractivity (Wildman–Crippen MR) is 111 cm³/mol. The van der Waals surface area contributed by atoms with Crippen LogP contribution in [0.15, 0.2) is 71.1 Å². The van der Waals surface area contributed by atoms with Gasteiger partial charge in [0.1, 0.15) is 11.5 Å². The van der Waals surface area contributed by atoms with Gasteiger partial charge in [-0.2, -0.15) is 0 Å². The van der Waals surface area contributed by atoms with E-state index in [4.69, 9.17) is 20.8 Å². The molecule has 3 aromatic rings. The van der Waals surface area contributed by atoms with E-state index in [0.717, 1.165) is 11.1 Å². The number of furan rings is 1. The van der Waals surface area contributed by atoms with Crippen LogP contribution >= 0.6 is 11.6 Å². The average Bonchev–Trinajstić information content (AvgIpc) is 3.21. The van der Waals surface area contributed by atoms with Crippen molar-refractivity contribution in [2.24, 2.45) is 0 Å². The van der Waals surface area contributed by atoms with E-state index in [-0.39, 0.29) is 5.91 Å². The van der Waals surface area contributed by atoms with Crippen molar-refractivity contribution in [2.45, 2.75) is 0 Å². The van der Waals surface area contributed by atoms with E-state index in [0.29, 0.717) is 48.4 Å².